The summed E-state index contributed by atoms with van der Waals surface area (Å²) in [5.41, 5.74) is 0. The number of aliphatic hydroxyl groups is 2. The first-order valence-electron chi connectivity index (χ1n) is 5.24. The smallest absolute Gasteiger partial charge is 0.158 e. The molecule has 2 aliphatic rings. The first-order valence-corrected chi connectivity index (χ1v) is 5.24. The number of nitrogens with one attached hydrogen (secondary N) is 1. The SMILES string of the molecule is C[OH+]C1CCCC2NCCCC21. The van der Waals surface area contributed by atoms with Gasteiger partial charge in [-0.05, 0) is 32.2 Å². The van der Waals surface area contributed by atoms with Crippen LogP contribution in [0.4, 0.5) is 0 Å². The standard InChI is InChI=1S/C10H19NO/c1-12-10-6-2-5-9-8(10)4-3-7-11-9/h8-11H,2-7H2,1H3/p+1. The molecule has 70 valence electrons. The summed E-state index contributed by atoms with van der Waals surface area (Å²) in [7, 11) is 1.99. The van der Waals surface area contributed by atoms with Crippen LogP contribution < -0.4 is 5.32 Å². The van der Waals surface area contributed by atoms with Crippen LogP contribution in [0.2, 0.25) is 0 Å². The summed E-state index contributed by atoms with van der Waals surface area (Å²) in [6.07, 6.45) is 7.51. The van der Waals surface area contributed by atoms with Gasteiger partial charge in [0.25, 0.3) is 0 Å². The molecule has 12 heavy (non-hydrogen) atoms. The molecule has 0 aromatic carbocycles. The van der Waals surface area contributed by atoms with Gasteiger partial charge < -0.3 is 10.1 Å². The number of hydrogen-bond acceptors (Lipinski definition) is 1. The second kappa shape index (κ2) is 3.75. The molecule has 2 nitrogen and oxygen atoms in total. The van der Waals surface area contributed by atoms with E-state index in [9.17, 15) is 0 Å². The fourth-order valence-electron chi connectivity index (χ4n) is 2.84. The zero-order valence-corrected chi connectivity index (χ0v) is 7.92. The summed E-state index contributed by atoms with van der Waals surface area (Å²) < 4.78 is 4.49. The molecule has 3 unspecified atom stereocenters. The van der Waals surface area contributed by atoms with Crippen LogP contribution >= 0.6 is 0 Å². The van der Waals surface area contributed by atoms with E-state index in [1.165, 1.54) is 38.6 Å². The molecule has 0 amide bonds. The molecular weight excluding hydrogens is 150 g/mol. The van der Waals surface area contributed by atoms with Gasteiger partial charge in [-0.3, -0.25) is 0 Å². The third-order valence-corrected chi connectivity index (χ3v) is 3.48. The lowest BCUT2D eigenvalue weighted by atomic mass is 9.77. The van der Waals surface area contributed by atoms with Gasteiger partial charge >= 0.3 is 0 Å². The van der Waals surface area contributed by atoms with Gasteiger partial charge in [0.2, 0.25) is 0 Å². The molecule has 2 fully saturated rings. The Bertz CT molecular complexity index is 140. The van der Waals surface area contributed by atoms with E-state index in [2.05, 4.69) is 10.1 Å². The van der Waals surface area contributed by atoms with Crippen molar-refractivity contribution in [3.05, 3.63) is 0 Å². The summed E-state index contributed by atoms with van der Waals surface area (Å²) in [4.78, 5) is 0. The Morgan fingerprint density at radius 2 is 2.08 bits per heavy atom. The number of rotatable bonds is 1. The first kappa shape index (κ1) is 8.52. The van der Waals surface area contributed by atoms with Gasteiger partial charge in [0, 0.05) is 18.4 Å². The van der Waals surface area contributed by atoms with E-state index in [-0.39, 0.29) is 0 Å². The van der Waals surface area contributed by atoms with Gasteiger partial charge in [-0.25, -0.2) is 0 Å². The molecule has 0 aromatic rings. The maximum absolute atomic E-state index is 4.49. The van der Waals surface area contributed by atoms with Crippen molar-refractivity contribution < 1.29 is 4.74 Å². The minimum Gasteiger partial charge on any atom is -0.433 e. The Morgan fingerprint density at radius 1 is 1.17 bits per heavy atom. The van der Waals surface area contributed by atoms with Gasteiger partial charge in [0.05, 0.1) is 0 Å². The molecule has 0 bridgehead atoms. The molecule has 0 radical (unpaired) electrons. The minimum atomic E-state index is 0.663. The van der Waals surface area contributed by atoms with Crippen molar-refractivity contribution in [1.29, 1.82) is 0 Å². The summed E-state index contributed by atoms with van der Waals surface area (Å²) >= 11 is 0. The zero-order chi connectivity index (χ0) is 8.39. The second-order valence-corrected chi connectivity index (χ2v) is 4.12. The largest absolute Gasteiger partial charge is 0.433 e. The Kier molecular flexibility index (Phi) is 2.66. The third kappa shape index (κ3) is 1.50. The molecular formula is C10H20NO+. The predicted molar refractivity (Wildman–Crippen MR) is 50.3 cm³/mol. The number of fused-ring (bicyclic) bond motifs is 1. The summed E-state index contributed by atoms with van der Waals surface area (Å²) in [5, 5.41) is 3.63. The molecule has 1 saturated heterocycles. The van der Waals surface area contributed by atoms with Crippen LogP contribution in [0.1, 0.15) is 32.1 Å². The molecule has 1 heterocycles. The van der Waals surface area contributed by atoms with Crippen LogP contribution in [0, 0.1) is 5.92 Å². The highest BCUT2D eigenvalue weighted by Gasteiger charge is 2.37. The normalized spacial score (nSPS) is 42.2. The summed E-state index contributed by atoms with van der Waals surface area (Å²) in [5.74, 6) is 0.859. The van der Waals surface area contributed by atoms with E-state index in [4.69, 9.17) is 0 Å². The highest BCUT2D eigenvalue weighted by Crippen LogP contribution is 2.31. The Morgan fingerprint density at radius 3 is 2.92 bits per heavy atom. The van der Waals surface area contributed by atoms with Gasteiger partial charge in [0.15, 0.2) is 6.10 Å². The fourth-order valence-corrected chi connectivity index (χ4v) is 2.84. The molecule has 2 N–H and O–H groups in total. The van der Waals surface area contributed by atoms with Crippen LogP contribution in [0.15, 0.2) is 0 Å². The van der Waals surface area contributed by atoms with Crippen molar-refractivity contribution in [2.75, 3.05) is 13.7 Å². The Balaban J connectivity index is 1.99. The molecule has 2 rings (SSSR count). The van der Waals surface area contributed by atoms with Crippen molar-refractivity contribution in [3.8, 4) is 0 Å². The first-order chi connectivity index (χ1) is 5.92. The van der Waals surface area contributed by atoms with Crippen molar-refractivity contribution in [2.45, 2.75) is 44.2 Å². The average molecular weight is 170 g/mol. The van der Waals surface area contributed by atoms with Crippen molar-refractivity contribution in [3.63, 3.8) is 0 Å². The van der Waals surface area contributed by atoms with Gasteiger partial charge in [-0.15, -0.1) is 0 Å². The van der Waals surface area contributed by atoms with E-state index in [1.807, 2.05) is 7.11 Å². The molecule has 3 atom stereocenters. The van der Waals surface area contributed by atoms with Crippen molar-refractivity contribution in [2.24, 2.45) is 5.92 Å². The van der Waals surface area contributed by atoms with Crippen LogP contribution in [0.5, 0.6) is 0 Å². The molecule has 1 aliphatic heterocycles. The fraction of sp³-hybridized carbons (Fsp3) is 1.00. The molecule has 1 aliphatic carbocycles. The van der Waals surface area contributed by atoms with E-state index in [0.29, 0.717) is 6.10 Å². The maximum atomic E-state index is 4.49. The van der Waals surface area contributed by atoms with E-state index in [0.717, 1.165) is 12.0 Å². The number of piperidine rings is 1. The van der Waals surface area contributed by atoms with Crippen LogP contribution in [0.25, 0.3) is 0 Å². The predicted octanol–water partition coefficient (Wildman–Crippen LogP) is 1.06. The Labute approximate surface area is 74.7 Å². The quantitative estimate of drug-likeness (QED) is 0.585. The number of hydrogen-bond donors (Lipinski definition) is 1. The lowest BCUT2D eigenvalue weighted by molar-refractivity contribution is -0.121. The summed E-state index contributed by atoms with van der Waals surface area (Å²) in [6.45, 7) is 1.23. The van der Waals surface area contributed by atoms with E-state index >= 15 is 0 Å². The molecule has 1 saturated carbocycles. The minimum absolute atomic E-state index is 0.663. The van der Waals surface area contributed by atoms with Crippen LogP contribution in [0.3, 0.4) is 0 Å². The van der Waals surface area contributed by atoms with Gasteiger partial charge in [-0.2, -0.15) is 0 Å². The summed E-state index contributed by atoms with van der Waals surface area (Å²) in [6, 6.07) is 0.793. The van der Waals surface area contributed by atoms with Gasteiger partial charge in [0.1, 0.15) is 7.11 Å². The van der Waals surface area contributed by atoms with E-state index in [1.54, 1.807) is 0 Å². The monoisotopic (exact) mass is 170 g/mol. The highest BCUT2D eigenvalue weighted by molar-refractivity contribution is 4.89. The van der Waals surface area contributed by atoms with Crippen LogP contribution in [-0.2, 0) is 0 Å². The topological polar surface area (TPSA) is 24.8 Å². The number of ether oxygens (including phenoxy) is 1. The maximum Gasteiger partial charge on any atom is 0.158 e. The average Bonchev–Trinajstić information content (AvgIpc) is 2.17. The highest BCUT2D eigenvalue weighted by atomic mass is 16.5. The lowest BCUT2D eigenvalue weighted by Crippen LogP contribution is -2.49. The molecule has 0 spiro atoms. The van der Waals surface area contributed by atoms with Crippen molar-refractivity contribution >= 4 is 0 Å². The molecule has 2 heteroatoms. The van der Waals surface area contributed by atoms with Gasteiger partial charge in [-0.1, -0.05) is 0 Å². The molecule has 0 aromatic heterocycles. The van der Waals surface area contributed by atoms with Crippen molar-refractivity contribution in [1.82, 2.24) is 5.32 Å². The van der Waals surface area contributed by atoms with Crippen LogP contribution in [-0.4, -0.2) is 30.5 Å². The Hall–Kier alpha value is -0.0800. The van der Waals surface area contributed by atoms with E-state index < -0.39 is 0 Å². The zero-order valence-electron chi connectivity index (χ0n) is 7.92. The third-order valence-electron chi connectivity index (χ3n) is 3.48. The lowest BCUT2D eigenvalue weighted by Gasteiger charge is -2.38. The second-order valence-electron chi connectivity index (χ2n) is 4.12.